The third-order valence-corrected chi connectivity index (χ3v) is 5.06. The van der Waals surface area contributed by atoms with Crippen LogP contribution in [0.2, 0.25) is 0 Å². The third-order valence-electron chi connectivity index (χ3n) is 3.75. The number of hydrogen-bond donors (Lipinski definition) is 4. The maximum Gasteiger partial charge on any atom is 0.228 e. The van der Waals surface area contributed by atoms with E-state index in [1.807, 2.05) is 20.8 Å². The van der Waals surface area contributed by atoms with Crippen LogP contribution in [0.15, 0.2) is 36.6 Å². The first-order valence-electron chi connectivity index (χ1n) is 10.5. The topological polar surface area (TPSA) is 109 Å². The van der Waals surface area contributed by atoms with Crippen molar-refractivity contribution < 1.29 is 34.2 Å². The van der Waals surface area contributed by atoms with Gasteiger partial charge in [0.2, 0.25) is 6.29 Å². The molecule has 7 nitrogen and oxygen atoms in total. The van der Waals surface area contributed by atoms with E-state index in [1.54, 1.807) is 24.3 Å². The smallest absolute Gasteiger partial charge is 0.228 e. The molecule has 1 rings (SSSR count). The van der Waals surface area contributed by atoms with E-state index >= 15 is 0 Å². The Kier molecular flexibility index (Phi) is 15.5. The lowest BCUT2D eigenvalue weighted by atomic mass is 9.97. The number of rotatable bonds is 10. The van der Waals surface area contributed by atoms with E-state index in [0.717, 1.165) is 5.92 Å². The monoisotopic (exact) mass is 448 g/mol. The maximum atomic E-state index is 10.1. The molecule has 1 aliphatic heterocycles. The lowest BCUT2D eigenvalue weighted by Gasteiger charge is -2.40. The summed E-state index contributed by atoms with van der Waals surface area (Å²) in [5.74, 6) is 1.39. The lowest BCUT2D eigenvalue weighted by molar-refractivity contribution is -0.287. The van der Waals surface area contributed by atoms with E-state index < -0.39 is 39.1 Å². The van der Waals surface area contributed by atoms with Gasteiger partial charge in [0.25, 0.3) is 0 Å². The first-order chi connectivity index (χ1) is 14.0. The summed E-state index contributed by atoms with van der Waals surface area (Å²) in [6.45, 7) is 15.6. The molecule has 1 aliphatic rings. The van der Waals surface area contributed by atoms with Crippen molar-refractivity contribution in [2.45, 2.75) is 91.2 Å². The molecule has 0 spiro atoms. The lowest BCUT2D eigenvalue weighted by Crippen LogP contribution is -2.58. The Morgan fingerprint density at radius 1 is 1.07 bits per heavy atom. The van der Waals surface area contributed by atoms with Gasteiger partial charge in [0.15, 0.2) is 8.38 Å². The van der Waals surface area contributed by atoms with Crippen molar-refractivity contribution in [1.82, 2.24) is 0 Å². The molecule has 176 valence electrons. The highest BCUT2D eigenvalue weighted by Crippen LogP contribution is 2.36. The molecular weight excluding hydrogens is 407 g/mol. The minimum atomic E-state index is -1.64. The van der Waals surface area contributed by atoms with Gasteiger partial charge in [-0.25, -0.2) is 0 Å². The zero-order valence-corrected chi connectivity index (χ0v) is 20.0. The molecule has 30 heavy (non-hydrogen) atoms. The summed E-state index contributed by atoms with van der Waals surface area (Å²) in [6, 6.07) is 0. The zero-order chi connectivity index (χ0) is 23.3. The minimum Gasteiger partial charge on any atom is -0.466 e. The Bertz CT molecular complexity index is 519. The molecule has 6 atom stereocenters. The van der Waals surface area contributed by atoms with Gasteiger partial charge in [0.05, 0.1) is 18.0 Å². The molecule has 4 N–H and O–H groups in total. The summed E-state index contributed by atoms with van der Waals surface area (Å²) < 4.78 is 16.6. The quantitative estimate of drug-likeness (QED) is 0.230. The Balaban J connectivity index is 0.00000192. The molecule has 1 saturated heterocycles. The molecule has 0 aliphatic carbocycles. The first kappa shape index (κ1) is 29.2. The van der Waals surface area contributed by atoms with Crippen molar-refractivity contribution in [3.8, 4) is 0 Å². The van der Waals surface area contributed by atoms with Crippen molar-refractivity contribution in [1.29, 1.82) is 0 Å². The highest BCUT2D eigenvalue weighted by molar-refractivity contribution is 7.46. The molecule has 1 fully saturated rings. The fourth-order valence-corrected chi connectivity index (χ4v) is 3.48. The van der Waals surface area contributed by atoms with Gasteiger partial charge in [0, 0.05) is 12.6 Å². The van der Waals surface area contributed by atoms with Gasteiger partial charge < -0.3 is 34.2 Å². The second-order valence-electron chi connectivity index (χ2n) is 7.99. The molecule has 0 aromatic heterocycles. The van der Waals surface area contributed by atoms with E-state index in [4.69, 9.17) is 14.0 Å². The van der Waals surface area contributed by atoms with E-state index in [2.05, 4.69) is 27.4 Å². The number of hydrogen-bond acceptors (Lipinski definition) is 7. The molecular formula is C22H41O7P. The van der Waals surface area contributed by atoms with Crippen LogP contribution in [0.3, 0.4) is 0 Å². The second kappa shape index (κ2) is 15.9. The third kappa shape index (κ3) is 12.2. The SMILES string of the molecule is C=C/C=C\C=C(/CC)O[C@H]1OC(CCP(O)OC(C)C)[C@@H](O)C(O)C1O.CC(C)C. The maximum absolute atomic E-state index is 10.1. The Morgan fingerprint density at radius 2 is 1.67 bits per heavy atom. The van der Waals surface area contributed by atoms with E-state index in [-0.39, 0.29) is 18.7 Å². The molecule has 0 saturated carbocycles. The van der Waals surface area contributed by atoms with Gasteiger partial charge in [0.1, 0.15) is 18.3 Å². The second-order valence-corrected chi connectivity index (χ2v) is 9.35. The van der Waals surface area contributed by atoms with Crippen LogP contribution in [0.25, 0.3) is 0 Å². The van der Waals surface area contributed by atoms with Crippen molar-refractivity contribution in [3.63, 3.8) is 0 Å². The minimum absolute atomic E-state index is 0.104. The van der Waals surface area contributed by atoms with Gasteiger partial charge in [-0.05, 0) is 32.3 Å². The van der Waals surface area contributed by atoms with Crippen LogP contribution in [0.4, 0.5) is 0 Å². The van der Waals surface area contributed by atoms with Crippen LogP contribution in [-0.2, 0) is 14.0 Å². The summed E-state index contributed by atoms with van der Waals surface area (Å²) in [4.78, 5) is 9.86. The Morgan fingerprint density at radius 3 is 2.17 bits per heavy atom. The van der Waals surface area contributed by atoms with Crippen molar-refractivity contribution in [3.05, 3.63) is 36.6 Å². The van der Waals surface area contributed by atoms with Crippen LogP contribution in [-0.4, -0.2) is 63.2 Å². The van der Waals surface area contributed by atoms with Gasteiger partial charge in [-0.3, -0.25) is 0 Å². The zero-order valence-electron chi connectivity index (χ0n) is 19.1. The van der Waals surface area contributed by atoms with Crippen LogP contribution in [0, 0.1) is 5.92 Å². The summed E-state index contributed by atoms with van der Waals surface area (Å²) in [7, 11) is -1.64. The standard InChI is InChI=1S/C18H31O7P.C4H10/c1-5-7-8-9-13(6-2)23-18-17(21)16(20)15(19)14(24-18)10-11-26(22)25-12(3)4;1-4(2)3/h5,7-9,12,14-22H,1,6,10-11H2,2-4H3;4H,1-3H3/b8-7-,13-9+;/t14?,15-,16?,17?,18+,26?;/m1./s1. The van der Waals surface area contributed by atoms with E-state index in [9.17, 15) is 20.2 Å². The average molecular weight is 449 g/mol. The molecule has 0 amide bonds. The fraction of sp³-hybridized carbons (Fsp3) is 0.727. The molecule has 0 aromatic rings. The van der Waals surface area contributed by atoms with Crippen molar-refractivity contribution >= 4 is 8.38 Å². The molecule has 8 heteroatoms. The fourth-order valence-electron chi connectivity index (χ4n) is 2.42. The number of aliphatic hydroxyl groups is 3. The molecule has 4 unspecified atom stereocenters. The number of allylic oxidation sites excluding steroid dienone is 5. The molecule has 1 heterocycles. The highest BCUT2D eigenvalue weighted by Gasteiger charge is 2.45. The normalized spacial score (nSPS) is 28.4. The summed E-state index contributed by atoms with van der Waals surface area (Å²) >= 11 is 0. The van der Waals surface area contributed by atoms with Crippen LogP contribution >= 0.6 is 8.38 Å². The number of ether oxygens (including phenoxy) is 2. The van der Waals surface area contributed by atoms with Crippen LogP contribution < -0.4 is 0 Å². The first-order valence-corrected chi connectivity index (χ1v) is 11.9. The van der Waals surface area contributed by atoms with Crippen molar-refractivity contribution in [2.75, 3.05) is 6.16 Å². The van der Waals surface area contributed by atoms with Gasteiger partial charge >= 0.3 is 0 Å². The summed E-state index contributed by atoms with van der Waals surface area (Å²) in [5, 5.41) is 30.4. The van der Waals surface area contributed by atoms with E-state index in [0.29, 0.717) is 12.2 Å². The Hall–Kier alpha value is -0.790. The number of aliphatic hydroxyl groups excluding tert-OH is 3. The highest BCUT2D eigenvalue weighted by atomic mass is 31.2. The predicted octanol–water partition coefficient (Wildman–Crippen LogP) is 3.63. The van der Waals surface area contributed by atoms with Crippen LogP contribution in [0.1, 0.15) is 54.4 Å². The van der Waals surface area contributed by atoms with Crippen LogP contribution in [0.5, 0.6) is 0 Å². The largest absolute Gasteiger partial charge is 0.466 e. The van der Waals surface area contributed by atoms with Gasteiger partial charge in [-0.1, -0.05) is 52.5 Å². The predicted molar refractivity (Wildman–Crippen MR) is 121 cm³/mol. The van der Waals surface area contributed by atoms with Gasteiger partial charge in [-0.15, -0.1) is 0 Å². The van der Waals surface area contributed by atoms with E-state index in [1.165, 1.54) is 0 Å². The molecule has 0 bridgehead atoms. The summed E-state index contributed by atoms with van der Waals surface area (Å²) in [6.07, 6.45) is 1.85. The molecule has 0 radical (unpaired) electrons. The van der Waals surface area contributed by atoms with Gasteiger partial charge in [-0.2, -0.15) is 0 Å². The summed E-state index contributed by atoms with van der Waals surface area (Å²) in [5.41, 5.74) is 0. The Labute approximate surface area is 183 Å². The average Bonchev–Trinajstić information content (AvgIpc) is 2.65. The molecule has 0 aromatic carbocycles. The van der Waals surface area contributed by atoms with Crippen molar-refractivity contribution in [2.24, 2.45) is 5.92 Å².